The van der Waals surface area contributed by atoms with E-state index >= 15 is 0 Å². The van der Waals surface area contributed by atoms with Crippen LogP contribution in [0.15, 0.2) is 42.5 Å². The largest absolute Gasteiger partial charge is 0.326 e. The molecule has 0 heterocycles. The van der Waals surface area contributed by atoms with E-state index in [0.29, 0.717) is 11.3 Å². The minimum Gasteiger partial charge on any atom is -0.326 e. The van der Waals surface area contributed by atoms with Gasteiger partial charge in [-0.3, -0.25) is 9.59 Å². The van der Waals surface area contributed by atoms with E-state index in [9.17, 15) is 9.59 Å². The Balaban J connectivity index is 1.66. The van der Waals surface area contributed by atoms with Gasteiger partial charge in [-0.1, -0.05) is 12.1 Å². The summed E-state index contributed by atoms with van der Waals surface area (Å²) in [5.41, 5.74) is 4.22. The van der Waals surface area contributed by atoms with Gasteiger partial charge in [-0.05, 0) is 68.1 Å². The summed E-state index contributed by atoms with van der Waals surface area (Å²) >= 11 is 0. The fourth-order valence-corrected chi connectivity index (χ4v) is 2.42. The minimum absolute atomic E-state index is 0.0807. The van der Waals surface area contributed by atoms with Crippen LogP contribution in [0.5, 0.6) is 0 Å². The zero-order valence-electron chi connectivity index (χ0n) is 13.3. The third kappa shape index (κ3) is 3.59. The van der Waals surface area contributed by atoms with Gasteiger partial charge < -0.3 is 10.6 Å². The molecule has 2 aromatic rings. The number of hydrogen-bond acceptors (Lipinski definition) is 2. The number of nitrogens with one attached hydrogen (secondary N) is 2. The van der Waals surface area contributed by atoms with Crippen LogP contribution >= 0.6 is 0 Å². The molecular weight excluding hydrogens is 288 g/mol. The van der Waals surface area contributed by atoms with Crippen molar-refractivity contribution < 1.29 is 9.59 Å². The molecular formula is C19H20N2O2. The van der Waals surface area contributed by atoms with Crippen LogP contribution in [-0.4, -0.2) is 11.8 Å². The van der Waals surface area contributed by atoms with Crippen LogP contribution in [0, 0.1) is 19.8 Å². The molecule has 2 amide bonds. The smallest absolute Gasteiger partial charge is 0.255 e. The average molecular weight is 308 g/mol. The molecule has 0 atom stereocenters. The standard InChI is InChI=1S/C19H20N2O2/c1-12-4-3-5-17(13(12)2)19(23)21-16-10-8-15(9-11-16)20-18(22)14-6-7-14/h3-5,8-11,14H,6-7H2,1-2H3,(H,20,22)(H,21,23). The average Bonchev–Trinajstić information content (AvgIpc) is 3.36. The van der Waals surface area contributed by atoms with E-state index in [-0.39, 0.29) is 17.7 Å². The van der Waals surface area contributed by atoms with Crippen LogP contribution in [0.1, 0.15) is 34.3 Å². The second-order valence-corrected chi connectivity index (χ2v) is 6.04. The quantitative estimate of drug-likeness (QED) is 0.900. The number of rotatable bonds is 4. The maximum absolute atomic E-state index is 12.4. The first-order valence-electron chi connectivity index (χ1n) is 7.83. The summed E-state index contributed by atoms with van der Waals surface area (Å²) in [6.07, 6.45) is 1.96. The van der Waals surface area contributed by atoms with Crippen molar-refractivity contribution in [3.8, 4) is 0 Å². The van der Waals surface area contributed by atoms with E-state index in [4.69, 9.17) is 0 Å². The monoisotopic (exact) mass is 308 g/mol. The van der Waals surface area contributed by atoms with Gasteiger partial charge in [0.15, 0.2) is 0 Å². The van der Waals surface area contributed by atoms with Crippen LogP contribution in [0.2, 0.25) is 0 Å². The van der Waals surface area contributed by atoms with Crippen molar-refractivity contribution in [2.45, 2.75) is 26.7 Å². The molecule has 0 aliphatic heterocycles. The number of carbonyl (C=O) groups is 2. The maximum atomic E-state index is 12.4. The molecule has 118 valence electrons. The summed E-state index contributed by atoms with van der Waals surface area (Å²) in [7, 11) is 0. The lowest BCUT2D eigenvalue weighted by Crippen LogP contribution is -2.15. The Bertz CT molecular complexity index is 746. The Morgan fingerprint density at radius 2 is 1.52 bits per heavy atom. The summed E-state index contributed by atoms with van der Waals surface area (Å²) in [6.45, 7) is 3.93. The van der Waals surface area contributed by atoms with E-state index in [1.165, 1.54) is 0 Å². The van der Waals surface area contributed by atoms with E-state index in [1.54, 1.807) is 24.3 Å². The first-order valence-corrected chi connectivity index (χ1v) is 7.83. The van der Waals surface area contributed by atoms with Crippen LogP contribution in [0.4, 0.5) is 11.4 Å². The normalized spacial score (nSPS) is 13.5. The van der Waals surface area contributed by atoms with Crippen LogP contribution in [0.25, 0.3) is 0 Å². The van der Waals surface area contributed by atoms with Crippen molar-refractivity contribution in [2.24, 2.45) is 5.92 Å². The zero-order valence-corrected chi connectivity index (χ0v) is 13.3. The number of aryl methyl sites for hydroxylation is 1. The fourth-order valence-electron chi connectivity index (χ4n) is 2.42. The predicted molar refractivity (Wildman–Crippen MR) is 91.7 cm³/mol. The molecule has 1 aliphatic carbocycles. The summed E-state index contributed by atoms with van der Waals surface area (Å²) in [5.74, 6) is 0.136. The van der Waals surface area contributed by atoms with Gasteiger partial charge in [-0.2, -0.15) is 0 Å². The van der Waals surface area contributed by atoms with Crippen molar-refractivity contribution >= 4 is 23.2 Å². The molecule has 0 bridgehead atoms. The lowest BCUT2D eigenvalue weighted by molar-refractivity contribution is -0.117. The second-order valence-electron chi connectivity index (χ2n) is 6.04. The van der Waals surface area contributed by atoms with Gasteiger partial charge in [0.1, 0.15) is 0 Å². The summed E-state index contributed by atoms with van der Waals surface area (Å²) in [6, 6.07) is 12.9. The van der Waals surface area contributed by atoms with Crippen LogP contribution < -0.4 is 10.6 Å². The van der Waals surface area contributed by atoms with Gasteiger partial charge in [0, 0.05) is 22.9 Å². The molecule has 0 saturated heterocycles. The highest BCUT2D eigenvalue weighted by Crippen LogP contribution is 2.30. The minimum atomic E-state index is -0.124. The molecule has 2 aromatic carbocycles. The number of hydrogen-bond donors (Lipinski definition) is 2. The van der Waals surface area contributed by atoms with Crippen molar-refractivity contribution in [1.29, 1.82) is 0 Å². The van der Waals surface area contributed by atoms with Crippen LogP contribution in [-0.2, 0) is 4.79 Å². The highest BCUT2D eigenvalue weighted by atomic mass is 16.2. The van der Waals surface area contributed by atoms with Gasteiger partial charge in [0.05, 0.1) is 0 Å². The highest BCUT2D eigenvalue weighted by molar-refractivity contribution is 6.05. The Labute approximate surface area is 135 Å². The lowest BCUT2D eigenvalue weighted by Gasteiger charge is -2.10. The molecule has 3 rings (SSSR count). The molecule has 0 aromatic heterocycles. The summed E-state index contributed by atoms with van der Waals surface area (Å²) < 4.78 is 0. The Morgan fingerprint density at radius 1 is 0.913 bits per heavy atom. The topological polar surface area (TPSA) is 58.2 Å². The molecule has 23 heavy (non-hydrogen) atoms. The Morgan fingerprint density at radius 3 is 2.13 bits per heavy atom. The third-order valence-corrected chi connectivity index (χ3v) is 4.21. The third-order valence-electron chi connectivity index (χ3n) is 4.21. The summed E-state index contributed by atoms with van der Waals surface area (Å²) in [4.78, 5) is 24.1. The van der Waals surface area contributed by atoms with E-state index in [2.05, 4.69) is 10.6 Å². The lowest BCUT2D eigenvalue weighted by atomic mass is 10.0. The molecule has 0 unspecified atom stereocenters. The summed E-state index contributed by atoms with van der Waals surface area (Å²) in [5, 5.41) is 5.77. The van der Waals surface area contributed by atoms with Crippen LogP contribution in [0.3, 0.4) is 0 Å². The highest BCUT2D eigenvalue weighted by Gasteiger charge is 2.29. The predicted octanol–water partition coefficient (Wildman–Crippen LogP) is 3.90. The van der Waals surface area contributed by atoms with Gasteiger partial charge in [0.2, 0.25) is 5.91 Å². The van der Waals surface area contributed by atoms with Crippen molar-refractivity contribution in [3.05, 3.63) is 59.2 Å². The molecule has 1 aliphatic rings. The van der Waals surface area contributed by atoms with E-state index in [0.717, 1.165) is 29.7 Å². The first-order chi connectivity index (χ1) is 11.0. The SMILES string of the molecule is Cc1cccc(C(=O)Nc2ccc(NC(=O)C3CC3)cc2)c1C. The van der Waals surface area contributed by atoms with Crippen molar-refractivity contribution in [1.82, 2.24) is 0 Å². The van der Waals surface area contributed by atoms with Gasteiger partial charge in [0.25, 0.3) is 5.91 Å². The maximum Gasteiger partial charge on any atom is 0.255 e. The van der Waals surface area contributed by atoms with E-state index < -0.39 is 0 Å². The first kappa shape index (κ1) is 15.3. The fraction of sp³-hybridized carbons (Fsp3) is 0.263. The molecule has 1 fully saturated rings. The molecule has 2 N–H and O–H groups in total. The molecule has 4 nitrogen and oxygen atoms in total. The number of amides is 2. The molecule has 0 radical (unpaired) electrons. The number of anilines is 2. The number of benzene rings is 2. The van der Waals surface area contributed by atoms with Gasteiger partial charge >= 0.3 is 0 Å². The Hall–Kier alpha value is -2.62. The zero-order chi connectivity index (χ0) is 16.4. The van der Waals surface area contributed by atoms with Crippen molar-refractivity contribution in [3.63, 3.8) is 0 Å². The van der Waals surface area contributed by atoms with Gasteiger partial charge in [-0.15, -0.1) is 0 Å². The second kappa shape index (κ2) is 6.24. The van der Waals surface area contributed by atoms with Crippen molar-refractivity contribution in [2.75, 3.05) is 10.6 Å². The van der Waals surface area contributed by atoms with Gasteiger partial charge in [-0.25, -0.2) is 0 Å². The molecule has 1 saturated carbocycles. The molecule has 0 spiro atoms. The Kier molecular flexibility index (Phi) is 4.15. The number of carbonyl (C=O) groups excluding carboxylic acids is 2. The van der Waals surface area contributed by atoms with E-state index in [1.807, 2.05) is 32.0 Å². The molecule has 4 heteroatoms.